The monoisotopic (exact) mass is 605 g/mol. The molecule has 0 spiro atoms. The summed E-state index contributed by atoms with van der Waals surface area (Å²) in [6, 6.07) is 18.9. The van der Waals surface area contributed by atoms with E-state index in [1.165, 1.54) is 4.90 Å². The minimum Gasteiger partial charge on any atom is -0.493 e. The highest BCUT2D eigenvalue weighted by Crippen LogP contribution is 2.38. The lowest BCUT2D eigenvalue weighted by Gasteiger charge is -2.14. The number of benzene rings is 3. The standard InChI is InChI=1S/C26H21ClINO4S/c1-16-4-3-5-18(10-16)14-29-25(30)23(34-26(29)31)13-19-11-21(28)24(22(12-19)32-2)33-15-17-6-8-20(27)9-7-17/h3-13H,14-15H2,1-2H3/b23-13+. The highest BCUT2D eigenvalue weighted by atomic mass is 127. The Kier molecular flexibility index (Phi) is 7.85. The van der Waals surface area contributed by atoms with Crippen LogP contribution in [0.3, 0.4) is 0 Å². The van der Waals surface area contributed by atoms with Crippen molar-refractivity contribution in [2.45, 2.75) is 20.1 Å². The summed E-state index contributed by atoms with van der Waals surface area (Å²) in [6.07, 6.45) is 1.72. The Hall–Kier alpha value is -2.49. The summed E-state index contributed by atoms with van der Waals surface area (Å²) in [4.78, 5) is 27.1. The van der Waals surface area contributed by atoms with Crippen molar-refractivity contribution in [1.82, 2.24) is 4.90 Å². The van der Waals surface area contributed by atoms with E-state index in [-0.39, 0.29) is 17.7 Å². The fraction of sp³-hybridized carbons (Fsp3) is 0.154. The number of carbonyl (C=O) groups is 2. The molecule has 1 aliphatic rings. The van der Waals surface area contributed by atoms with Crippen LogP contribution in [0.15, 0.2) is 65.6 Å². The Morgan fingerprint density at radius 2 is 1.82 bits per heavy atom. The molecule has 0 aliphatic carbocycles. The van der Waals surface area contributed by atoms with Crippen LogP contribution < -0.4 is 9.47 Å². The van der Waals surface area contributed by atoms with Gasteiger partial charge in [0, 0.05) is 5.02 Å². The number of methoxy groups -OCH3 is 1. The Labute approximate surface area is 221 Å². The molecule has 5 nitrogen and oxygen atoms in total. The highest BCUT2D eigenvalue weighted by Gasteiger charge is 2.35. The lowest BCUT2D eigenvalue weighted by atomic mass is 10.1. The predicted molar refractivity (Wildman–Crippen MR) is 144 cm³/mol. The molecule has 34 heavy (non-hydrogen) atoms. The van der Waals surface area contributed by atoms with Crippen LogP contribution in [0.25, 0.3) is 6.08 Å². The molecule has 4 rings (SSSR count). The number of hydrogen-bond donors (Lipinski definition) is 0. The number of halogens is 2. The zero-order valence-corrected chi connectivity index (χ0v) is 22.2. The molecule has 3 aromatic rings. The molecule has 0 bridgehead atoms. The number of nitrogens with zero attached hydrogens (tertiary/aromatic N) is 1. The predicted octanol–water partition coefficient (Wildman–Crippen LogP) is 7.08. The van der Waals surface area contributed by atoms with Crippen LogP contribution in [0.5, 0.6) is 11.5 Å². The summed E-state index contributed by atoms with van der Waals surface area (Å²) >= 11 is 9.07. The fourth-order valence-corrected chi connectivity index (χ4v) is 5.23. The van der Waals surface area contributed by atoms with E-state index in [1.807, 2.05) is 61.5 Å². The van der Waals surface area contributed by atoms with Gasteiger partial charge in [-0.25, -0.2) is 0 Å². The summed E-state index contributed by atoms with van der Waals surface area (Å²) in [5.74, 6) is 0.863. The maximum Gasteiger partial charge on any atom is 0.293 e. The number of imide groups is 1. The third-order valence-corrected chi connectivity index (χ3v) is 7.10. The molecule has 2 amide bonds. The molecule has 0 aromatic heterocycles. The van der Waals surface area contributed by atoms with Crippen molar-refractivity contribution in [1.29, 1.82) is 0 Å². The first-order chi connectivity index (χ1) is 16.3. The molecule has 0 N–H and O–H groups in total. The normalized spacial score (nSPS) is 14.7. The summed E-state index contributed by atoms with van der Waals surface area (Å²) in [5, 5.41) is 0.394. The van der Waals surface area contributed by atoms with Crippen LogP contribution in [-0.4, -0.2) is 23.2 Å². The second kappa shape index (κ2) is 10.8. The summed E-state index contributed by atoms with van der Waals surface area (Å²) < 4.78 is 12.4. The van der Waals surface area contributed by atoms with Crippen molar-refractivity contribution in [2.75, 3.05) is 7.11 Å². The average molecular weight is 606 g/mol. The van der Waals surface area contributed by atoms with Crippen LogP contribution in [0.4, 0.5) is 4.79 Å². The summed E-state index contributed by atoms with van der Waals surface area (Å²) in [7, 11) is 1.57. The molecule has 0 saturated carbocycles. The highest BCUT2D eigenvalue weighted by molar-refractivity contribution is 14.1. The van der Waals surface area contributed by atoms with Crippen LogP contribution in [0.1, 0.15) is 22.3 Å². The van der Waals surface area contributed by atoms with Crippen LogP contribution in [-0.2, 0) is 17.9 Å². The number of carbonyl (C=O) groups excluding carboxylic acids is 2. The molecular weight excluding hydrogens is 585 g/mol. The van der Waals surface area contributed by atoms with Gasteiger partial charge in [-0.3, -0.25) is 14.5 Å². The molecule has 3 aromatic carbocycles. The number of thioether (sulfide) groups is 1. The molecular formula is C26H21ClINO4S. The summed E-state index contributed by atoms with van der Waals surface area (Å²) in [6.45, 7) is 2.60. The molecule has 1 heterocycles. The van der Waals surface area contributed by atoms with Gasteiger partial charge in [0.2, 0.25) is 0 Å². The topological polar surface area (TPSA) is 55.8 Å². The van der Waals surface area contributed by atoms with Gasteiger partial charge in [0.25, 0.3) is 11.1 Å². The van der Waals surface area contributed by atoms with E-state index in [9.17, 15) is 9.59 Å². The van der Waals surface area contributed by atoms with Gasteiger partial charge < -0.3 is 9.47 Å². The number of rotatable bonds is 7. The van der Waals surface area contributed by atoms with E-state index in [2.05, 4.69) is 22.6 Å². The zero-order valence-electron chi connectivity index (χ0n) is 18.5. The smallest absolute Gasteiger partial charge is 0.293 e. The third kappa shape index (κ3) is 5.76. The van der Waals surface area contributed by atoms with E-state index < -0.39 is 0 Å². The Morgan fingerprint density at radius 3 is 2.53 bits per heavy atom. The van der Waals surface area contributed by atoms with E-state index in [0.717, 1.165) is 37.6 Å². The maximum atomic E-state index is 12.9. The lowest BCUT2D eigenvalue weighted by Crippen LogP contribution is -2.27. The van der Waals surface area contributed by atoms with E-state index in [0.29, 0.717) is 28.0 Å². The van der Waals surface area contributed by atoms with Crippen LogP contribution in [0, 0.1) is 10.5 Å². The van der Waals surface area contributed by atoms with Gasteiger partial charge >= 0.3 is 0 Å². The largest absolute Gasteiger partial charge is 0.493 e. The van der Waals surface area contributed by atoms with Crippen LogP contribution in [0.2, 0.25) is 5.02 Å². The van der Waals surface area contributed by atoms with Crippen molar-refractivity contribution in [3.05, 3.63) is 96.4 Å². The number of hydrogen-bond acceptors (Lipinski definition) is 5. The van der Waals surface area contributed by atoms with Crippen molar-refractivity contribution in [3.63, 3.8) is 0 Å². The second-order valence-corrected chi connectivity index (χ2v) is 10.3. The number of aryl methyl sites for hydroxylation is 1. The summed E-state index contributed by atoms with van der Waals surface area (Å²) in [5.41, 5.74) is 3.73. The van der Waals surface area contributed by atoms with Crippen molar-refractivity contribution in [2.24, 2.45) is 0 Å². The second-order valence-electron chi connectivity index (χ2n) is 7.71. The molecule has 0 radical (unpaired) electrons. The Bertz CT molecular complexity index is 1280. The first kappa shape index (κ1) is 24.6. The number of ether oxygens (including phenoxy) is 2. The van der Waals surface area contributed by atoms with Gasteiger partial charge in [-0.1, -0.05) is 53.6 Å². The molecule has 174 valence electrons. The quantitative estimate of drug-likeness (QED) is 0.213. The Morgan fingerprint density at radius 1 is 1.06 bits per heavy atom. The lowest BCUT2D eigenvalue weighted by molar-refractivity contribution is -0.123. The van der Waals surface area contributed by atoms with E-state index in [1.54, 1.807) is 19.3 Å². The third-order valence-electron chi connectivity index (χ3n) is 5.14. The maximum absolute atomic E-state index is 12.9. The number of amides is 2. The first-order valence-corrected chi connectivity index (χ1v) is 12.7. The van der Waals surface area contributed by atoms with Gasteiger partial charge in [-0.2, -0.15) is 0 Å². The molecule has 0 unspecified atom stereocenters. The van der Waals surface area contributed by atoms with Gasteiger partial charge in [-0.05, 0) is 88.3 Å². The first-order valence-electron chi connectivity index (χ1n) is 10.4. The average Bonchev–Trinajstić information content (AvgIpc) is 3.06. The minimum absolute atomic E-state index is 0.252. The molecule has 1 saturated heterocycles. The molecule has 0 atom stereocenters. The van der Waals surface area contributed by atoms with Crippen molar-refractivity contribution in [3.8, 4) is 11.5 Å². The van der Waals surface area contributed by atoms with Gasteiger partial charge in [0.1, 0.15) is 6.61 Å². The van der Waals surface area contributed by atoms with Gasteiger partial charge in [0.05, 0.1) is 22.1 Å². The SMILES string of the molecule is COc1cc(/C=C2/SC(=O)N(Cc3cccc(C)c3)C2=O)cc(I)c1OCc1ccc(Cl)cc1. The van der Waals surface area contributed by atoms with Gasteiger partial charge in [0.15, 0.2) is 11.5 Å². The molecule has 8 heteroatoms. The molecule has 1 aliphatic heterocycles. The van der Waals surface area contributed by atoms with Crippen LogP contribution >= 0.6 is 46.0 Å². The van der Waals surface area contributed by atoms with E-state index in [4.69, 9.17) is 21.1 Å². The van der Waals surface area contributed by atoms with Gasteiger partial charge in [-0.15, -0.1) is 0 Å². The fourth-order valence-electron chi connectivity index (χ4n) is 3.48. The Balaban J connectivity index is 1.53. The minimum atomic E-state index is -0.298. The van der Waals surface area contributed by atoms with E-state index >= 15 is 0 Å². The van der Waals surface area contributed by atoms with Crippen molar-refractivity contribution < 1.29 is 19.1 Å². The zero-order chi connectivity index (χ0) is 24.2. The van der Waals surface area contributed by atoms with Crippen molar-refractivity contribution >= 4 is 63.2 Å². The molecule has 1 fully saturated rings.